The lowest BCUT2D eigenvalue weighted by molar-refractivity contribution is 0.0910. The van der Waals surface area contributed by atoms with Gasteiger partial charge in [-0.05, 0) is 37.5 Å². The molecule has 2 aliphatic heterocycles. The first-order valence-electron chi connectivity index (χ1n) is 7.09. The second-order valence-corrected chi connectivity index (χ2v) is 5.57. The van der Waals surface area contributed by atoms with E-state index in [1.807, 2.05) is 25.1 Å². The summed E-state index contributed by atoms with van der Waals surface area (Å²) in [4.78, 5) is 0. The molecule has 2 heterocycles. The highest BCUT2D eigenvalue weighted by Gasteiger charge is 2.29. The fraction of sp³-hybridized carbons (Fsp3) is 0.600. The van der Waals surface area contributed by atoms with Crippen LogP contribution in [0.25, 0.3) is 0 Å². The molecule has 5 heteroatoms. The molecule has 0 radical (unpaired) electrons. The molecule has 0 aromatic heterocycles. The average molecular weight is 279 g/mol. The van der Waals surface area contributed by atoms with E-state index in [9.17, 15) is 5.11 Å². The number of rotatable bonds is 5. The van der Waals surface area contributed by atoms with Gasteiger partial charge >= 0.3 is 0 Å². The molecule has 1 aromatic rings. The molecule has 1 aromatic carbocycles. The third-order valence-corrected chi connectivity index (χ3v) is 4.07. The zero-order chi connectivity index (χ0) is 14.0. The van der Waals surface area contributed by atoms with Crippen molar-refractivity contribution >= 4 is 0 Å². The molecule has 0 bridgehead atoms. The molecule has 2 unspecified atom stereocenters. The Bertz CT molecular complexity index is 473. The van der Waals surface area contributed by atoms with E-state index in [0.717, 1.165) is 43.1 Å². The van der Waals surface area contributed by atoms with Gasteiger partial charge in [0.1, 0.15) is 0 Å². The summed E-state index contributed by atoms with van der Waals surface area (Å²) >= 11 is 0. The lowest BCUT2D eigenvalue weighted by atomic mass is 9.92. The van der Waals surface area contributed by atoms with Crippen LogP contribution >= 0.6 is 0 Å². The molecule has 0 amide bonds. The molecule has 2 atom stereocenters. The lowest BCUT2D eigenvalue weighted by Gasteiger charge is -2.31. The van der Waals surface area contributed by atoms with Crippen LogP contribution in [0.3, 0.4) is 0 Å². The first-order chi connectivity index (χ1) is 9.71. The molecular weight excluding hydrogens is 258 g/mol. The van der Waals surface area contributed by atoms with E-state index in [1.54, 1.807) is 0 Å². The zero-order valence-electron chi connectivity index (χ0n) is 11.7. The van der Waals surface area contributed by atoms with E-state index in [2.05, 4.69) is 5.32 Å². The Morgan fingerprint density at radius 2 is 2.20 bits per heavy atom. The van der Waals surface area contributed by atoms with Gasteiger partial charge in [0.15, 0.2) is 11.5 Å². The zero-order valence-corrected chi connectivity index (χ0v) is 11.7. The van der Waals surface area contributed by atoms with Crippen LogP contribution in [0.4, 0.5) is 0 Å². The van der Waals surface area contributed by atoms with Crippen molar-refractivity contribution in [3.8, 4) is 11.5 Å². The largest absolute Gasteiger partial charge is 0.454 e. The van der Waals surface area contributed by atoms with Gasteiger partial charge in [-0.15, -0.1) is 0 Å². The summed E-state index contributed by atoms with van der Waals surface area (Å²) in [6.07, 6.45) is 2.44. The maximum Gasteiger partial charge on any atom is 0.231 e. The molecule has 3 rings (SSSR count). The Hall–Kier alpha value is -1.30. The first kappa shape index (κ1) is 13.7. The molecule has 5 nitrogen and oxygen atoms in total. The van der Waals surface area contributed by atoms with Crippen LogP contribution in [0.5, 0.6) is 11.5 Å². The van der Waals surface area contributed by atoms with Crippen molar-refractivity contribution < 1.29 is 19.3 Å². The highest BCUT2D eigenvalue weighted by atomic mass is 16.7. The van der Waals surface area contributed by atoms with Gasteiger partial charge in [-0.2, -0.15) is 0 Å². The van der Waals surface area contributed by atoms with Crippen molar-refractivity contribution in [3.05, 3.63) is 23.8 Å². The maximum atomic E-state index is 9.79. The first-order valence-corrected chi connectivity index (χ1v) is 7.09. The fourth-order valence-corrected chi connectivity index (χ4v) is 2.63. The normalized spacial score (nSPS) is 23.8. The number of aliphatic hydroxyl groups is 1. The van der Waals surface area contributed by atoms with Crippen molar-refractivity contribution in [1.82, 2.24) is 5.32 Å². The monoisotopic (exact) mass is 279 g/mol. The van der Waals surface area contributed by atoms with Gasteiger partial charge in [-0.1, -0.05) is 6.07 Å². The van der Waals surface area contributed by atoms with Crippen LogP contribution in [0, 0.1) is 0 Å². The highest BCUT2D eigenvalue weighted by Crippen LogP contribution is 2.35. The number of hydrogen-bond donors (Lipinski definition) is 2. The minimum Gasteiger partial charge on any atom is -0.454 e. The third kappa shape index (κ3) is 2.61. The Morgan fingerprint density at radius 1 is 1.35 bits per heavy atom. The van der Waals surface area contributed by atoms with E-state index in [0.29, 0.717) is 0 Å². The summed E-state index contributed by atoms with van der Waals surface area (Å²) in [5.41, 5.74) is 0.481. The van der Waals surface area contributed by atoms with Crippen LogP contribution in [0.1, 0.15) is 25.3 Å². The predicted molar refractivity (Wildman–Crippen MR) is 74.0 cm³/mol. The van der Waals surface area contributed by atoms with Crippen LogP contribution in [-0.2, 0) is 10.3 Å². The minimum atomic E-state index is -0.507. The Kier molecular flexibility index (Phi) is 3.83. The minimum absolute atomic E-state index is 0.0133. The van der Waals surface area contributed by atoms with E-state index in [1.165, 1.54) is 0 Å². The third-order valence-electron chi connectivity index (χ3n) is 4.07. The van der Waals surface area contributed by atoms with Crippen molar-refractivity contribution in [2.24, 2.45) is 0 Å². The van der Waals surface area contributed by atoms with Gasteiger partial charge < -0.3 is 24.6 Å². The van der Waals surface area contributed by atoms with Crippen LogP contribution in [0.2, 0.25) is 0 Å². The van der Waals surface area contributed by atoms with Gasteiger partial charge in [0.05, 0.1) is 18.2 Å². The number of benzene rings is 1. The second-order valence-electron chi connectivity index (χ2n) is 5.57. The van der Waals surface area contributed by atoms with E-state index in [-0.39, 0.29) is 19.5 Å². The summed E-state index contributed by atoms with van der Waals surface area (Å²) < 4.78 is 16.3. The highest BCUT2D eigenvalue weighted by molar-refractivity contribution is 5.46. The maximum absolute atomic E-state index is 9.79. The summed E-state index contributed by atoms with van der Waals surface area (Å²) in [7, 11) is 0. The SMILES string of the molecule is CC(CO)(NCC1CCCO1)c1ccc2c(c1)OCO2. The molecule has 0 aliphatic carbocycles. The second kappa shape index (κ2) is 5.60. The van der Waals surface area contributed by atoms with Crippen LogP contribution in [0.15, 0.2) is 18.2 Å². The molecule has 1 saturated heterocycles. The summed E-state index contributed by atoms with van der Waals surface area (Å²) in [6.45, 7) is 3.84. The molecular formula is C15H21NO4. The molecule has 110 valence electrons. The Balaban J connectivity index is 1.73. The van der Waals surface area contributed by atoms with Gasteiger partial charge in [0.2, 0.25) is 6.79 Å². The number of nitrogens with one attached hydrogen (secondary N) is 1. The van der Waals surface area contributed by atoms with Gasteiger partial charge in [0, 0.05) is 13.2 Å². The fourth-order valence-electron chi connectivity index (χ4n) is 2.63. The van der Waals surface area contributed by atoms with Gasteiger partial charge in [0.25, 0.3) is 0 Å². The van der Waals surface area contributed by atoms with Crippen molar-refractivity contribution in [2.45, 2.75) is 31.4 Å². The number of hydrogen-bond acceptors (Lipinski definition) is 5. The number of aliphatic hydroxyl groups excluding tert-OH is 1. The van der Waals surface area contributed by atoms with Gasteiger partial charge in [-0.25, -0.2) is 0 Å². The molecule has 2 aliphatic rings. The Labute approximate surface area is 118 Å². The van der Waals surface area contributed by atoms with Crippen molar-refractivity contribution in [3.63, 3.8) is 0 Å². The van der Waals surface area contributed by atoms with Crippen LogP contribution in [-0.4, -0.2) is 37.8 Å². The van der Waals surface area contributed by atoms with Gasteiger partial charge in [-0.3, -0.25) is 0 Å². The van der Waals surface area contributed by atoms with Crippen molar-refractivity contribution in [2.75, 3.05) is 26.6 Å². The van der Waals surface area contributed by atoms with Crippen molar-refractivity contribution in [1.29, 1.82) is 0 Å². The van der Waals surface area contributed by atoms with E-state index < -0.39 is 5.54 Å². The summed E-state index contributed by atoms with van der Waals surface area (Å²) in [5, 5.41) is 13.2. The summed E-state index contributed by atoms with van der Waals surface area (Å²) in [6, 6.07) is 5.78. The molecule has 2 N–H and O–H groups in total. The van der Waals surface area contributed by atoms with E-state index in [4.69, 9.17) is 14.2 Å². The molecule has 20 heavy (non-hydrogen) atoms. The molecule has 0 saturated carbocycles. The Morgan fingerprint density at radius 3 is 2.95 bits per heavy atom. The number of fused-ring (bicyclic) bond motifs is 1. The standard InChI is InChI=1S/C15H21NO4/c1-15(9-17,16-8-12-3-2-6-18-12)11-4-5-13-14(7-11)20-10-19-13/h4-5,7,12,16-17H,2-3,6,8-10H2,1H3. The smallest absolute Gasteiger partial charge is 0.231 e. The summed E-state index contributed by atoms with van der Waals surface area (Å²) in [5.74, 6) is 1.49. The predicted octanol–water partition coefficient (Wildman–Crippen LogP) is 1.39. The lowest BCUT2D eigenvalue weighted by Crippen LogP contribution is -2.46. The number of ether oxygens (including phenoxy) is 3. The molecule has 1 fully saturated rings. The van der Waals surface area contributed by atoms with Crippen LogP contribution < -0.4 is 14.8 Å². The average Bonchev–Trinajstić information content (AvgIpc) is 3.14. The quantitative estimate of drug-likeness (QED) is 0.853. The molecule has 0 spiro atoms. The van der Waals surface area contributed by atoms with E-state index >= 15 is 0 Å². The topological polar surface area (TPSA) is 60.0 Å².